The number of nitrogens with one attached hydrogen (secondary N) is 1. The van der Waals surface area contributed by atoms with Crippen LogP contribution in [0.25, 0.3) is 11.0 Å². The number of para-hydroxylation sites is 2. The number of hydrogen-bond acceptors (Lipinski definition) is 2. The third-order valence-corrected chi connectivity index (χ3v) is 4.71. The van der Waals surface area contributed by atoms with Gasteiger partial charge in [0.2, 0.25) is 0 Å². The summed E-state index contributed by atoms with van der Waals surface area (Å²) in [5.41, 5.74) is 2.08. The van der Waals surface area contributed by atoms with Crippen LogP contribution in [0.2, 0.25) is 0 Å². The Hall–Kier alpha value is -0.380. The lowest BCUT2D eigenvalue weighted by Crippen LogP contribution is -1.93. The number of imidazole rings is 1. The van der Waals surface area contributed by atoms with E-state index in [9.17, 15) is 0 Å². The highest BCUT2D eigenvalue weighted by molar-refractivity contribution is 7.99. The number of H-pyrrole nitrogens is 1. The molecule has 0 unspecified atom stereocenters. The van der Waals surface area contributed by atoms with Crippen LogP contribution in [0.3, 0.4) is 0 Å². The quantitative estimate of drug-likeness (QED) is 0.679. The molecule has 1 N–H and O–H groups in total. The molecule has 0 saturated heterocycles. The molecular formula is C11H10Cl2N2S. The minimum absolute atomic E-state index is 0.397. The minimum atomic E-state index is -0.487. The third-order valence-electron chi connectivity index (χ3n) is 2.74. The maximum atomic E-state index is 5.97. The van der Waals surface area contributed by atoms with Gasteiger partial charge in [0.05, 0.1) is 11.0 Å². The van der Waals surface area contributed by atoms with Crippen LogP contribution in [0, 0.1) is 5.92 Å². The van der Waals surface area contributed by atoms with Crippen LogP contribution in [0.5, 0.6) is 0 Å². The summed E-state index contributed by atoms with van der Waals surface area (Å²) >= 11 is 13.6. The maximum Gasteiger partial charge on any atom is 0.166 e. The fraction of sp³-hybridized carbons (Fsp3) is 0.364. The Morgan fingerprint density at radius 2 is 2.19 bits per heavy atom. The molecule has 1 aliphatic carbocycles. The monoisotopic (exact) mass is 272 g/mol. The first-order chi connectivity index (χ1) is 7.65. The van der Waals surface area contributed by atoms with E-state index in [0.717, 1.165) is 28.4 Å². The molecule has 0 bridgehead atoms. The molecule has 2 nitrogen and oxygen atoms in total. The van der Waals surface area contributed by atoms with Crippen LogP contribution >= 0.6 is 35.0 Å². The van der Waals surface area contributed by atoms with E-state index in [1.165, 1.54) is 0 Å². The minimum Gasteiger partial charge on any atom is -0.333 e. The van der Waals surface area contributed by atoms with Gasteiger partial charge in [-0.2, -0.15) is 0 Å². The second-order valence-corrected chi connectivity index (χ2v) is 6.58. The van der Waals surface area contributed by atoms with Gasteiger partial charge in [0.1, 0.15) is 4.33 Å². The van der Waals surface area contributed by atoms with Gasteiger partial charge < -0.3 is 4.98 Å². The number of benzene rings is 1. The molecule has 1 fully saturated rings. The maximum absolute atomic E-state index is 5.97. The molecule has 0 amide bonds. The Morgan fingerprint density at radius 1 is 1.44 bits per heavy atom. The summed E-state index contributed by atoms with van der Waals surface area (Å²) < 4.78 is -0.487. The topological polar surface area (TPSA) is 28.7 Å². The predicted octanol–water partition coefficient (Wildman–Crippen LogP) is 3.85. The first kappa shape index (κ1) is 10.8. The van der Waals surface area contributed by atoms with Crippen molar-refractivity contribution in [2.75, 3.05) is 5.75 Å². The lowest BCUT2D eigenvalue weighted by atomic mass is 10.3. The van der Waals surface area contributed by atoms with Gasteiger partial charge in [0.15, 0.2) is 5.16 Å². The van der Waals surface area contributed by atoms with Crippen LogP contribution < -0.4 is 0 Å². The summed E-state index contributed by atoms with van der Waals surface area (Å²) in [6.45, 7) is 0. The van der Waals surface area contributed by atoms with Crippen LogP contribution in [-0.4, -0.2) is 20.1 Å². The van der Waals surface area contributed by atoms with E-state index in [2.05, 4.69) is 9.97 Å². The number of hydrogen-bond donors (Lipinski definition) is 1. The lowest BCUT2D eigenvalue weighted by Gasteiger charge is -1.97. The summed E-state index contributed by atoms with van der Waals surface area (Å²) in [4.78, 5) is 7.75. The zero-order valence-electron chi connectivity index (χ0n) is 8.41. The van der Waals surface area contributed by atoms with Gasteiger partial charge in [0, 0.05) is 11.7 Å². The number of fused-ring (bicyclic) bond motifs is 1. The molecule has 84 valence electrons. The van der Waals surface area contributed by atoms with E-state index in [1.54, 1.807) is 11.8 Å². The Balaban J connectivity index is 1.70. The SMILES string of the molecule is ClC1(Cl)C[C@H]1CSc1nc2ccccc2[nH]1. The Bertz CT molecular complexity index is 490. The standard InChI is InChI=1S/C11H10Cl2N2S/c12-11(13)5-7(11)6-16-10-14-8-3-1-2-4-9(8)15-10/h1-4,7H,5-6H2,(H,14,15)/t7-/m0/s1. The van der Waals surface area contributed by atoms with E-state index in [-0.39, 0.29) is 0 Å². The van der Waals surface area contributed by atoms with Crippen molar-refractivity contribution in [3.05, 3.63) is 24.3 Å². The lowest BCUT2D eigenvalue weighted by molar-refractivity contribution is 0.968. The van der Waals surface area contributed by atoms with Gasteiger partial charge in [-0.05, 0) is 18.6 Å². The first-order valence-electron chi connectivity index (χ1n) is 5.10. The van der Waals surface area contributed by atoms with E-state index >= 15 is 0 Å². The highest BCUT2D eigenvalue weighted by Gasteiger charge is 2.51. The molecule has 16 heavy (non-hydrogen) atoms. The van der Waals surface area contributed by atoms with E-state index in [4.69, 9.17) is 23.2 Å². The summed E-state index contributed by atoms with van der Waals surface area (Å²) in [5.74, 6) is 1.32. The van der Waals surface area contributed by atoms with Crippen LogP contribution in [-0.2, 0) is 0 Å². The zero-order valence-corrected chi connectivity index (χ0v) is 10.7. The van der Waals surface area contributed by atoms with Crippen molar-refractivity contribution in [1.29, 1.82) is 0 Å². The Labute approximate surface area is 108 Å². The van der Waals surface area contributed by atoms with Crippen molar-refractivity contribution in [3.63, 3.8) is 0 Å². The van der Waals surface area contributed by atoms with Crippen LogP contribution in [0.1, 0.15) is 6.42 Å². The molecule has 5 heteroatoms. The number of thioether (sulfide) groups is 1. The molecule has 1 aromatic carbocycles. The first-order valence-corrected chi connectivity index (χ1v) is 6.85. The van der Waals surface area contributed by atoms with E-state index in [1.807, 2.05) is 24.3 Å². The molecule has 0 spiro atoms. The second-order valence-electron chi connectivity index (χ2n) is 4.03. The van der Waals surface area contributed by atoms with E-state index < -0.39 is 4.33 Å². The van der Waals surface area contributed by atoms with Crippen molar-refractivity contribution >= 4 is 46.0 Å². The van der Waals surface area contributed by atoms with Gasteiger partial charge in [-0.15, -0.1) is 23.2 Å². The number of aromatic amines is 1. The summed E-state index contributed by atoms with van der Waals surface area (Å²) in [7, 11) is 0. The number of halogens is 2. The second kappa shape index (κ2) is 3.83. The van der Waals surface area contributed by atoms with Gasteiger partial charge >= 0.3 is 0 Å². The molecule has 1 aromatic heterocycles. The number of rotatable bonds is 3. The molecule has 0 aliphatic heterocycles. The van der Waals surface area contributed by atoms with Crippen molar-refractivity contribution in [2.45, 2.75) is 15.9 Å². The normalized spacial score (nSPS) is 22.5. The fourth-order valence-corrected chi connectivity index (χ4v) is 3.44. The van der Waals surface area contributed by atoms with Gasteiger partial charge in [0.25, 0.3) is 0 Å². The Morgan fingerprint density at radius 3 is 2.88 bits per heavy atom. The fourth-order valence-electron chi connectivity index (χ4n) is 1.63. The number of nitrogens with zero attached hydrogens (tertiary/aromatic N) is 1. The van der Waals surface area contributed by atoms with Crippen molar-refractivity contribution in [3.8, 4) is 0 Å². The highest BCUT2D eigenvalue weighted by Crippen LogP contribution is 2.54. The molecule has 1 aliphatic rings. The average molecular weight is 273 g/mol. The summed E-state index contributed by atoms with van der Waals surface area (Å²) in [6, 6.07) is 8.01. The predicted molar refractivity (Wildman–Crippen MR) is 69.4 cm³/mol. The van der Waals surface area contributed by atoms with E-state index in [0.29, 0.717) is 5.92 Å². The molecule has 1 saturated carbocycles. The van der Waals surface area contributed by atoms with Crippen molar-refractivity contribution < 1.29 is 0 Å². The van der Waals surface area contributed by atoms with Crippen LogP contribution in [0.4, 0.5) is 0 Å². The third kappa shape index (κ3) is 2.04. The summed E-state index contributed by atoms with van der Waals surface area (Å²) in [5, 5.41) is 0.942. The molecule has 1 atom stereocenters. The van der Waals surface area contributed by atoms with Gasteiger partial charge in [-0.25, -0.2) is 4.98 Å². The molecule has 1 heterocycles. The van der Waals surface area contributed by atoms with Crippen molar-refractivity contribution in [1.82, 2.24) is 9.97 Å². The number of alkyl halides is 2. The highest BCUT2D eigenvalue weighted by atomic mass is 35.5. The largest absolute Gasteiger partial charge is 0.333 e. The molecule has 0 radical (unpaired) electrons. The molecule has 2 aromatic rings. The average Bonchev–Trinajstić information content (AvgIpc) is 2.72. The zero-order chi connectivity index (χ0) is 11.2. The molecular weight excluding hydrogens is 263 g/mol. The number of aromatic nitrogens is 2. The smallest absolute Gasteiger partial charge is 0.166 e. The molecule has 3 rings (SSSR count). The van der Waals surface area contributed by atoms with Gasteiger partial charge in [-0.3, -0.25) is 0 Å². The van der Waals surface area contributed by atoms with Crippen LogP contribution in [0.15, 0.2) is 29.4 Å². The van der Waals surface area contributed by atoms with Gasteiger partial charge in [-0.1, -0.05) is 23.9 Å². The summed E-state index contributed by atoms with van der Waals surface area (Å²) in [6.07, 6.45) is 0.892. The van der Waals surface area contributed by atoms with Crippen molar-refractivity contribution in [2.24, 2.45) is 5.92 Å². The Kier molecular flexibility index (Phi) is 2.57.